The number of amides is 3. The van der Waals surface area contributed by atoms with Crippen LogP contribution < -0.4 is 10.6 Å². The van der Waals surface area contributed by atoms with Crippen molar-refractivity contribution in [1.82, 2.24) is 15.5 Å². The number of nitrogens with zero attached hydrogens (tertiary/aromatic N) is 1. The van der Waals surface area contributed by atoms with Crippen molar-refractivity contribution >= 4 is 11.9 Å². The molecule has 0 bridgehead atoms. The van der Waals surface area contributed by atoms with Gasteiger partial charge in [0.25, 0.3) is 5.91 Å². The third-order valence-electron chi connectivity index (χ3n) is 3.78. The van der Waals surface area contributed by atoms with Crippen molar-refractivity contribution in [2.75, 3.05) is 13.1 Å². The minimum absolute atomic E-state index is 0.0301. The van der Waals surface area contributed by atoms with E-state index < -0.39 is 6.04 Å². The molecule has 0 spiro atoms. The largest absolute Gasteiger partial charge is 0.325 e. The Bertz CT molecular complexity index is 483. The minimum atomic E-state index is -0.524. The van der Waals surface area contributed by atoms with Crippen LogP contribution in [0.4, 0.5) is 4.79 Å². The van der Waals surface area contributed by atoms with Crippen LogP contribution in [-0.2, 0) is 4.79 Å². The van der Waals surface area contributed by atoms with E-state index in [1.807, 2.05) is 30.3 Å². The van der Waals surface area contributed by atoms with Gasteiger partial charge in [0.05, 0.1) is 0 Å². The molecule has 1 unspecified atom stereocenters. The fraction of sp³-hybridized carbons (Fsp3) is 0.429. The van der Waals surface area contributed by atoms with E-state index in [4.69, 9.17) is 0 Å². The van der Waals surface area contributed by atoms with E-state index >= 15 is 0 Å². The van der Waals surface area contributed by atoms with E-state index in [-0.39, 0.29) is 18.0 Å². The van der Waals surface area contributed by atoms with Crippen LogP contribution in [0, 0.1) is 0 Å². The summed E-state index contributed by atoms with van der Waals surface area (Å²) in [5.74, 6) is -0.122. The second-order valence-corrected chi connectivity index (χ2v) is 4.98. The summed E-state index contributed by atoms with van der Waals surface area (Å²) in [6.07, 6.45) is 1.67. The van der Waals surface area contributed by atoms with Crippen LogP contribution in [0.3, 0.4) is 0 Å². The summed E-state index contributed by atoms with van der Waals surface area (Å²) in [6.45, 7) is 1.72. The van der Waals surface area contributed by atoms with Crippen molar-refractivity contribution in [2.45, 2.75) is 24.9 Å². The number of piperidine rings is 1. The van der Waals surface area contributed by atoms with Gasteiger partial charge in [-0.25, -0.2) is 4.79 Å². The van der Waals surface area contributed by atoms with Gasteiger partial charge in [-0.05, 0) is 31.5 Å². The van der Waals surface area contributed by atoms with Gasteiger partial charge in [-0.2, -0.15) is 0 Å². The summed E-state index contributed by atoms with van der Waals surface area (Å²) in [5, 5.41) is 6.03. The zero-order chi connectivity index (χ0) is 13.2. The number of rotatable bonds is 2. The lowest BCUT2D eigenvalue weighted by Gasteiger charge is -2.29. The smallest absolute Gasteiger partial charge is 0.322 e. The molecule has 2 aliphatic rings. The Balaban J connectivity index is 1.81. The minimum Gasteiger partial charge on any atom is -0.322 e. The number of benzene rings is 1. The molecule has 2 saturated heterocycles. The molecule has 3 rings (SSSR count). The lowest BCUT2D eigenvalue weighted by Crippen LogP contribution is -2.46. The molecule has 0 radical (unpaired) electrons. The van der Waals surface area contributed by atoms with Gasteiger partial charge < -0.3 is 10.6 Å². The Labute approximate surface area is 112 Å². The highest BCUT2D eigenvalue weighted by Gasteiger charge is 2.42. The lowest BCUT2D eigenvalue weighted by molar-refractivity contribution is -0.129. The number of nitrogens with one attached hydrogen (secondary N) is 2. The Morgan fingerprint density at radius 3 is 2.42 bits per heavy atom. The highest BCUT2D eigenvalue weighted by atomic mass is 16.2. The van der Waals surface area contributed by atoms with Gasteiger partial charge in [0.15, 0.2) is 0 Å². The molecule has 0 aliphatic carbocycles. The van der Waals surface area contributed by atoms with Gasteiger partial charge in [0.1, 0.15) is 6.04 Å². The first kappa shape index (κ1) is 12.2. The molecule has 5 heteroatoms. The predicted octanol–water partition coefficient (Wildman–Crippen LogP) is 1.03. The van der Waals surface area contributed by atoms with E-state index in [1.165, 1.54) is 4.90 Å². The predicted molar refractivity (Wildman–Crippen MR) is 70.5 cm³/mol. The average molecular weight is 259 g/mol. The maximum Gasteiger partial charge on any atom is 0.325 e. The van der Waals surface area contributed by atoms with Crippen LogP contribution >= 0.6 is 0 Å². The summed E-state index contributed by atoms with van der Waals surface area (Å²) in [5.41, 5.74) is 0.845. The molecule has 2 aliphatic heterocycles. The lowest BCUT2D eigenvalue weighted by atomic mass is 10.0. The molecule has 1 atom stereocenters. The Morgan fingerprint density at radius 2 is 1.74 bits per heavy atom. The van der Waals surface area contributed by atoms with E-state index in [2.05, 4.69) is 10.6 Å². The van der Waals surface area contributed by atoms with Crippen LogP contribution in [0.2, 0.25) is 0 Å². The SMILES string of the molecule is O=C1NC(c2ccccc2)C(=O)N1C1CCNCC1. The van der Waals surface area contributed by atoms with Gasteiger partial charge in [0.2, 0.25) is 0 Å². The Hall–Kier alpha value is -1.88. The van der Waals surface area contributed by atoms with Crippen molar-refractivity contribution in [3.8, 4) is 0 Å². The molecule has 100 valence electrons. The average Bonchev–Trinajstić information content (AvgIpc) is 2.76. The quantitative estimate of drug-likeness (QED) is 0.780. The van der Waals surface area contributed by atoms with E-state index in [9.17, 15) is 9.59 Å². The molecule has 2 N–H and O–H groups in total. The van der Waals surface area contributed by atoms with E-state index in [0.717, 1.165) is 31.5 Å². The van der Waals surface area contributed by atoms with Gasteiger partial charge >= 0.3 is 6.03 Å². The molecule has 1 aromatic carbocycles. The molecule has 2 fully saturated rings. The van der Waals surface area contributed by atoms with Crippen molar-refractivity contribution in [2.24, 2.45) is 0 Å². The number of carbonyl (C=O) groups excluding carboxylic acids is 2. The zero-order valence-electron chi connectivity index (χ0n) is 10.6. The van der Waals surface area contributed by atoms with Crippen molar-refractivity contribution in [3.05, 3.63) is 35.9 Å². The second kappa shape index (κ2) is 5.01. The van der Waals surface area contributed by atoms with Gasteiger partial charge in [-0.1, -0.05) is 30.3 Å². The van der Waals surface area contributed by atoms with Gasteiger partial charge in [-0.15, -0.1) is 0 Å². The number of imide groups is 1. The molecule has 0 aromatic heterocycles. The van der Waals surface area contributed by atoms with Gasteiger partial charge in [-0.3, -0.25) is 9.69 Å². The summed E-state index contributed by atoms with van der Waals surface area (Å²) in [7, 11) is 0. The first-order valence-electron chi connectivity index (χ1n) is 6.66. The van der Waals surface area contributed by atoms with Gasteiger partial charge in [0, 0.05) is 6.04 Å². The summed E-state index contributed by atoms with van der Waals surface area (Å²) in [4.78, 5) is 25.9. The zero-order valence-corrected chi connectivity index (χ0v) is 10.6. The number of hydrogen-bond acceptors (Lipinski definition) is 3. The number of hydrogen-bond donors (Lipinski definition) is 2. The van der Waals surface area contributed by atoms with Crippen LogP contribution in [0.25, 0.3) is 0 Å². The Morgan fingerprint density at radius 1 is 1.05 bits per heavy atom. The number of urea groups is 1. The molecular weight excluding hydrogens is 242 g/mol. The second-order valence-electron chi connectivity index (χ2n) is 4.98. The molecule has 5 nitrogen and oxygen atoms in total. The van der Waals surface area contributed by atoms with Crippen molar-refractivity contribution in [3.63, 3.8) is 0 Å². The Kier molecular flexibility index (Phi) is 3.21. The molecule has 19 heavy (non-hydrogen) atoms. The molecular formula is C14H17N3O2. The van der Waals surface area contributed by atoms with Crippen LogP contribution in [0.1, 0.15) is 24.4 Å². The summed E-state index contributed by atoms with van der Waals surface area (Å²) < 4.78 is 0. The highest BCUT2D eigenvalue weighted by Crippen LogP contribution is 2.25. The number of carbonyl (C=O) groups is 2. The normalized spacial score (nSPS) is 24.6. The first-order valence-corrected chi connectivity index (χ1v) is 6.66. The highest BCUT2D eigenvalue weighted by molar-refractivity contribution is 6.05. The topological polar surface area (TPSA) is 61.4 Å². The fourth-order valence-corrected chi connectivity index (χ4v) is 2.78. The molecule has 1 aromatic rings. The molecule has 3 amide bonds. The van der Waals surface area contributed by atoms with Crippen molar-refractivity contribution < 1.29 is 9.59 Å². The molecule has 2 heterocycles. The molecule has 0 saturated carbocycles. The van der Waals surface area contributed by atoms with E-state index in [1.54, 1.807) is 0 Å². The maximum atomic E-state index is 12.4. The van der Waals surface area contributed by atoms with Crippen LogP contribution in [-0.4, -0.2) is 36.0 Å². The monoisotopic (exact) mass is 259 g/mol. The standard InChI is InChI=1S/C14H17N3O2/c18-13-12(10-4-2-1-3-5-10)16-14(19)17(13)11-6-8-15-9-7-11/h1-5,11-12,15H,6-9H2,(H,16,19). The van der Waals surface area contributed by atoms with Crippen LogP contribution in [0.15, 0.2) is 30.3 Å². The summed E-state index contributed by atoms with van der Waals surface area (Å²) in [6, 6.07) is 8.64. The third kappa shape index (κ3) is 2.21. The fourth-order valence-electron chi connectivity index (χ4n) is 2.78. The maximum absolute atomic E-state index is 12.4. The van der Waals surface area contributed by atoms with Crippen molar-refractivity contribution in [1.29, 1.82) is 0 Å². The summed E-state index contributed by atoms with van der Waals surface area (Å²) >= 11 is 0. The van der Waals surface area contributed by atoms with E-state index in [0.29, 0.717) is 0 Å². The van der Waals surface area contributed by atoms with Crippen LogP contribution in [0.5, 0.6) is 0 Å². The third-order valence-corrected chi connectivity index (χ3v) is 3.78. The first-order chi connectivity index (χ1) is 9.27.